The van der Waals surface area contributed by atoms with E-state index in [1.807, 2.05) is 0 Å². The first kappa shape index (κ1) is 19.8. The second kappa shape index (κ2) is 8.45. The number of rotatable bonds is 5. The van der Waals surface area contributed by atoms with E-state index in [-0.39, 0.29) is 17.3 Å². The summed E-state index contributed by atoms with van der Waals surface area (Å²) < 4.78 is 33.7. The fraction of sp³-hybridized carbons (Fsp3) is 0.409. The number of sulfonamides is 1. The summed E-state index contributed by atoms with van der Waals surface area (Å²) in [6, 6.07) is 15.2. The van der Waals surface area contributed by atoms with Crippen LogP contribution in [0.25, 0.3) is 0 Å². The molecule has 2 aromatic carbocycles. The lowest BCUT2D eigenvalue weighted by Crippen LogP contribution is -2.51. The molecule has 2 aliphatic rings. The van der Waals surface area contributed by atoms with Crippen molar-refractivity contribution in [2.45, 2.75) is 43.1 Å². The Balaban J connectivity index is 1.55. The van der Waals surface area contributed by atoms with Crippen molar-refractivity contribution < 1.29 is 17.9 Å². The molecule has 154 valence electrons. The molecule has 1 amide bonds. The zero-order valence-corrected chi connectivity index (χ0v) is 17.1. The average molecular weight is 415 g/mol. The number of nitrogens with zero attached hydrogens (tertiary/aromatic N) is 1. The largest absolute Gasteiger partial charge is 0.476 e. The number of hydrogen-bond acceptors (Lipinski definition) is 4. The maximum atomic E-state index is 13.3. The number of hydrogen-bond donors (Lipinski definition) is 1. The number of carbonyl (C=O) groups excluding carboxylic acids is 1. The number of amides is 1. The first-order chi connectivity index (χ1) is 14.1. The highest BCUT2D eigenvalue weighted by Gasteiger charge is 2.37. The summed E-state index contributed by atoms with van der Waals surface area (Å²) in [5, 5.41) is 2.98. The van der Waals surface area contributed by atoms with Gasteiger partial charge < -0.3 is 10.1 Å². The summed E-state index contributed by atoms with van der Waals surface area (Å²) in [6.07, 6.45) is 5.05. The number of anilines is 1. The Morgan fingerprint density at radius 3 is 2.45 bits per heavy atom. The van der Waals surface area contributed by atoms with Gasteiger partial charge in [0.1, 0.15) is 5.75 Å². The monoisotopic (exact) mass is 414 g/mol. The van der Waals surface area contributed by atoms with Crippen molar-refractivity contribution in [2.24, 2.45) is 5.92 Å². The molecule has 2 aromatic rings. The molecule has 0 spiro atoms. The van der Waals surface area contributed by atoms with Crippen LogP contribution in [0.1, 0.15) is 32.1 Å². The third-order valence-electron chi connectivity index (χ3n) is 5.65. The van der Waals surface area contributed by atoms with Gasteiger partial charge in [-0.05, 0) is 43.0 Å². The summed E-state index contributed by atoms with van der Waals surface area (Å²) in [5.74, 6) is 0.627. The number of ether oxygens (including phenoxy) is 1. The van der Waals surface area contributed by atoms with E-state index in [1.165, 1.54) is 23.6 Å². The van der Waals surface area contributed by atoms with Gasteiger partial charge in [0.05, 0.1) is 17.1 Å². The second-order valence-electron chi connectivity index (χ2n) is 7.67. The zero-order valence-electron chi connectivity index (χ0n) is 16.3. The highest BCUT2D eigenvalue weighted by molar-refractivity contribution is 7.92. The minimum absolute atomic E-state index is 0.0509. The summed E-state index contributed by atoms with van der Waals surface area (Å²) >= 11 is 0. The van der Waals surface area contributed by atoms with Crippen LogP contribution in [0.3, 0.4) is 0 Å². The van der Waals surface area contributed by atoms with Crippen LogP contribution in [0, 0.1) is 5.92 Å². The minimum Gasteiger partial charge on any atom is -0.476 e. The zero-order chi connectivity index (χ0) is 20.3. The number of fused-ring (bicyclic) bond motifs is 1. The predicted molar refractivity (Wildman–Crippen MR) is 111 cm³/mol. The van der Waals surface area contributed by atoms with Gasteiger partial charge in [0.15, 0.2) is 6.10 Å². The Bertz CT molecular complexity index is 956. The van der Waals surface area contributed by atoms with Gasteiger partial charge >= 0.3 is 0 Å². The smallest absolute Gasteiger partial charge is 0.264 e. The summed E-state index contributed by atoms with van der Waals surface area (Å²) in [4.78, 5) is 13.0. The van der Waals surface area contributed by atoms with Crippen LogP contribution in [0.4, 0.5) is 5.69 Å². The molecule has 1 N–H and O–H groups in total. The van der Waals surface area contributed by atoms with Gasteiger partial charge in [-0.15, -0.1) is 0 Å². The van der Waals surface area contributed by atoms with Crippen molar-refractivity contribution in [3.8, 4) is 5.75 Å². The first-order valence-corrected chi connectivity index (χ1v) is 11.6. The molecule has 1 aliphatic carbocycles. The number of benzene rings is 2. The molecule has 1 fully saturated rings. The van der Waals surface area contributed by atoms with Gasteiger partial charge in [-0.3, -0.25) is 9.10 Å². The van der Waals surface area contributed by atoms with Crippen molar-refractivity contribution in [1.29, 1.82) is 0 Å². The molecule has 1 atom stereocenters. The Hall–Kier alpha value is -2.54. The van der Waals surface area contributed by atoms with E-state index < -0.39 is 16.1 Å². The third-order valence-corrected chi connectivity index (χ3v) is 7.44. The second-order valence-corrected chi connectivity index (χ2v) is 9.53. The van der Waals surface area contributed by atoms with Crippen LogP contribution in [0.2, 0.25) is 0 Å². The van der Waals surface area contributed by atoms with E-state index in [9.17, 15) is 13.2 Å². The number of para-hydroxylation sites is 2. The standard InChI is InChI=1S/C22H26N2O4S/c25-22(23-15-17-9-3-1-4-10-17)21-16-24(19-13-7-8-14-20(19)28-21)29(26,27)18-11-5-2-6-12-18/h2,5-8,11-14,17,21H,1,3-4,9-10,15-16H2,(H,23,25)/t21-/m1/s1. The summed E-state index contributed by atoms with van der Waals surface area (Å²) in [6.45, 7) is 0.566. The molecule has 0 radical (unpaired) electrons. The van der Waals surface area contributed by atoms with Crippen LogP contribution in [-0.4, -0.2) is 33.5 Å². The van der Waals surface area contributed by atoms with Crippen LogP contribution >= 0.6 is 0 Å². The molecule has 1 saturated carbocycles. The lowest BCUT2D eigenvalue weighted by atomic mass is 9.89. The molecule has 0 bridgehead atoms. The highest BCUT2D eigenvalue weighted by Crippen LogP contribution is 2.36. The van der Waals surface area contributed by atoms with Crippen molar-refractivity contribution in [1.82, 2.24) is 5.32 Å². The number of carbonyl (C=O) groups is 1. The maximum absolute atomic E-state index is 13.3. The van der Waals surface area contributed by atoms with E-state index >= 15 is 0 Å². The number of nitrogens with one attached hydrogen (secondary N) is 1. The van der Waals surface area contributed by atoms with Gasteiger partial charge in [-0.2, -0.15) is 0 Å². The fourth-order valence-electron chi connectivity index (χ4n) is 4.04. The molecule has 1 heterocycles. The van der Waals surface area contributed by atoms with Crippen LogP contribution in [-0.2, 0) is 14.8 Å². The molecule has 0 saturated heterocycles. The topological polar surface area (TPSA) is 75.7 Å². The Labute approximate surface area is 171 Å². The van der Waals surface area contributed by atoms with E-state index in [1.54, 1.807) is 54.6 Å². The van der Waals surface area contributed by atoms with E-state index in [2.05, 4.69) is 5.32 Å². The van der Waals surface area contributed by atoms with Crippen LogP contribution in [0.5, 0.6) is 5.75 Å². The molecule has 29 heavy (non-hydrogen) atoms. The van der Waals surface area contributed by atoms with Crippen LogP contribution in [0.15, 0.2) is 59.5 Å². The Kier molecular flexibility index (Phi) is 5.76. The summed E-state index contributed by atoms with van der Waals surface area (Å²) in [5.41, 5.74) is 0.452. The minimum atomic E-state index is -3.80. The van der Waals surface area contributed by atoms with Gasteiger partial charge in [-0.25, -0.2) is 8.42 Å². The molecule has 1 aliphatic heterocycles. The fourth-order valence-corrected chi connectivity index (χ4v) is 5.53. The lowest BCUT2D eigenvalue weighted by molar-refractivity contribution is -0.128. The highest BCUT2D eigenvalue weighted by atomic mass is 32.2. The van der Waals surface area contributed by atoms with Crippen molar-refractivity contribution in [3.63, 3.8) is 0 Å². The van der Waals surface area contributed by atoms with Crippen molar-refractivity contribution in [3.05, 3.63) is 54.6 Å². The van der Waals surface area contributed by atoms with E-state index in [0.29, 0.717) is 23.9 Å². The van der Waals surface area contributed by atoms with E-state index in [4.69, 9.17) is 4.74 Å². The van der Waals surface area contributed by atoms with Gasteiger partial charge in [0, 0.05) is 6.54 Å². The molecule has 4 rings (SSSR count). The third kappa shape index (κ3) is 4.24. The van der Waals surface area contributed by atoms with E-state index in [0.717, 1.165) is 12.8 Å². The van der Waals surface area contributed by atoms with Gasteiger partial charge in [0.25, 0.3) is 15.9 Å². The summed E-state index contributed by atoms with van der Waals surface area (Å²) in [7, 11) is -3.80. The molecule has 0 aromatic heterocycles. The Morgan fingerprint density at radius 2 is 1.69 bits per heavy atom. The molecule has 6 nitrogen and oxygen atoms in total. The maximum Gasteiger partial charge on any atom is 0.264 e. The lowest BCUT2D eigenvalue weighted by Gasteiger charge is -2.35. The SMILES string of the molecule is O=C(NCC1CCCCC1)[C@H]1CN(S(=O)(=O)c2ccccc2)c2ccccc2O1. The molecule has 7 heteroatoms. The molecular formula is C22H26N2O4S. The van der Waals surface area contributed by atoms with Gasteiger partial charge in [-0.1, -0.05) is 49.6 Å². The van der Waals surface area contributed by atoms with Crippen molar-refractivity contribution >= 4 is 21.6 Å². The van der Waals surface area contributed by atoms with Crippen LogP contribution < -0.4 is 14.4 Å². The quantitative estimate of drug-likeness (QED) is 0.814. The Morgan fingerprint density at radius 1 is 1.00 bits per heavy atom. The predicted octanol–water partition coefficient (Wildman–Crippen LogP) is 3.34. The first-order valence-electron chi connectivity index (χ1n) is 10.2. The normalized spacial score (nSPS) is 19.9. The van der Waals surface area contributed by atoms with Crippen molar-refractivity contribution in [2.75, 3.05) is 17.4 Å². The molecular weight excluding hydrogens is 388 g/mol. The molecule has 0 unspecified atom stereocenters. The van der Waals surface area contributed by atoms with Gasteiger partial charge in [0.2, 0.25) is 0 Å². The average Bonchev–Trinajstić information content (AvgIpc) is 2.78.